The Kier molecular flexibility index (Phi) is 5.76. The standard InChI is InChI=1S/C14H21FN2O2/c1-3-12(16)7-10-6-11(15)4-5-13(10)19-8-9(2)14(17)18/h4-6,9,12H,3,7-8,16H2,1-2H3,(H2,17,18). The molecule has 0 aliphatic carbocycles. The van der Waals surface area contributed by atoms with Gasteiger partial charge >= 0.3 is 0 Å². The molecule has 1 aromatic carbocycles. The zero-order valence-corrected chi connectivity index (χ0v) is 11.4. The van der Waals surface area contributed by atoms with Gasteiger partial charge in [-0.25, -0.2) is 4.39 Å². The average Bonchev–Trinajstić information content (AvgIpc) is 2.37. The van der Waals surface area contributed by atoms with Crippen molar-refractivity contribution >= 4 is 5.91 Å². The number of ether oxygens (including phenoxy) is 1. The highest BCUT2D eigenvalue weighted by Gasteiger charge is 2.13. The van der Waals surface area contributed by atoms with Gasteiger partial charge in [0.2, 0.25) is 5.91 Å². The van der Waals surface area contributed by atoms with Crippen LogP contribution in [-0.4, -0.2) is 18.6 Å². The number of amides is 1. The first-order chi connectivity index (χ1) is 8.93. The van der Waals surface area contributed by atoms with Crippen molar-refractivity contribution in [3.63, 3.8) is 0 Å². The maximum absolute atomic E-state index is 13.3. The minimum absolute atomic E-state index is 0.0438. The van der Waals surface area contributed by atoms with Crippen LogP contribution in [0.25, 0.3) is 0 Å². The molecule has 0 spiro atoms. The third kappa shape index (κ3) is 4.87. The Morgan fingerprint density at radius 2 is 2.16 bits per heavy atom. The van der Waals surface area contributed by atoms with E-state index in [4.69, 9.17) is 16.2 Å². The van der Waals surface area contributed by atoms with E-state index >= 15 is 0 Å². The van der Waals surface area contributed by atoms with Gasteiger partial charge in [-0.05, 0) is 36.6 Å². The summed E-state index contributed by atoms with van der Waals surface area (Å²) in [4.78, 5) is 10.9. The lowest BCUT2D eigenvalue weighted by Crippen LogP contribution is -2.26. The van der Waals surface area contributed by atoms with Crippen molar-refractivity contribution in [1.82, 2.24) is 0 Å². The van der Waals surface area contributed by atoms with Gasteiger partial charge in [0, 0.05) is 6.04 Å². The zero-order valence-electron chi connectivity index (χ0n) is 11.4. The SMILES string of the molecule is CCC(N)Cc1cc(F)ccc1OCC(C)C(N)=O. The van der Waals surface area contributed by atoms with E-state index in [0.717, 1.165) is 6.42 Å². The molecule has 1 amide bonds. The minimum atomic E-state index is -0.422. The molecule has 0 saturated carbocycles. The molecule has 4 N–H and O–H groups in total. The molecule has 5 heteroatoms. The number of hydrogen-bond donors (Lipinski definition) is 2. The Morgan fingerprint density at radius 3 is 2.74 bits per heavy atom. The van der Waals surface area contributed by atoms with Gasteiger partial charge in [-0.1, -0.05) is 13.8 Å². The van der Waals surface area contributed by atoms with Crippen molar-refractivity contribution in [3.8, 4) is 5.75 Å². The first-order valence-corrected chi connectivity index (χ1v) is 6.40. The van der Waals surface area contributed by atoms with Crippen molar-refractivity contribution in [2.24, 2.45) is 17.4 Å². The van der Waals surface area contributed by atoms with Crippen LogP contribution < -0.4 is 16.2 Å². The molecule has 19 heavy (non-hydrogen) atoms. The fourth-order valence-corrected chi connectivity index (χ4v) is 1.57. The van der Waals surface area contributed by atoms with Gasteiger partial charge < -0.3 is 16.2 Å². The molecule has 106 valence electrons. The summed E-state index contributed by atoms with van der Waals surface area (Å²) in [5.74, 6) is -0.585. The number of nitrogens with two attached hydrogens (primary N) is 2. The molecule has 0 heterocycles. The summed E-state index contributed by atoms with van der Waals surface area (Å²) in [6, 6.07) is 4.25. The predicted molar refractivity (Wildman–Crippen MR) is 72.2 cm³/mol. The predicted octanol–water partition coefficient (Wildman–Crippen LogP) is 1.61. The van der Waals surface area contributed by atoms with E-state index in [9.17, 15) is 9.18 Å². The molecule has 2 unspecified atom stereocenters. The van der Waals surface area contributed by atoms with Crippen LogP contribution >= 0.6 is 0 Å². The van der Waals surface area contributed by atoms with Crippen molar-refractivity contribution in [1.29, 1.82) is 0 Å². The van der Waals surface area contributed by atoms with Gasteiger partial charge in [0.25, 0.3) is 0 Å². The molecular weight excluding hydrogens is 247 g/mol. The topological polar surface area (TPSA) is 78.3 Å². The number of carbonyl (C=O) groups excluding carboxylic acids is 1. The van der Waals surface area contributed by atoms with Crippen LogP contribution in [0, 0.1) is 11.7 Å². The second-order valence-corrected chi connectivity index (χ2v) is 4.74. The molecule has 0 aliphatic rings. The lowest BCUT2D eigenvalue weighted by atomic mass is 10.0. The molecule has 2 atom stereocenters. The first-order valence-electron chi connectivity index (χ1n) is 6.40. The zero-order chi connectivity index (χ0) is 14.4. The van der Waals surface area contributed by atoms with Gasteiger partial charge in [0.15, 0.2) is 0 Å². The van der Waals surface area contributed by atoms with Crippen LogP contribution in [0.3, 0.4) is 0 Å². The van der Waals surface area contributed by atoms with Gasteiger partial charge in [-0.15, -0.1) is 0 Å². The van der Waals surface area contributed by atoms with E-state index in [-0.39, 0.29) is 18.5 Å². The van der Waals surface area contributed by atoms with Crippen LogP contribution in [0.2, 0.25) is 0 Å². The maximum Gasteiger partial charge on any atom is 0.223 e. The van der Waals surface area contributed by atoms with E-state index < -0.39 is 11.8 Å². The molecule has 0 aliphatic heterocycles. The van der Waals surface area contributed by atoms with E-state index in [2.05, 4.69) is 0 Å². The molecule has 1 rings (SSSR count). The number of benzene rings is 1. The quantitative estimate of drug-likeness (QED) is 0.788. The lowest BCUT2D eigenvalue weighted by Gasteiger charge is -2.16. The summed E-state index contributed by atoms with van der Waals surface area (Å²) in [6.07, 6.45) is 1.34. The summed E-state index contributed by atoms with van der Waals surface area (Å²) in [5, 5.41) is 0. The first kappa shape index (κ1) is 15.4. The molecule has 0 aromatic heterocycles. The van der Waals surface area contributed by atoms with Gasteiger partial charge in [-0.3, -0.25) is 4.79 Å². The van der Waals surface area contributed by atoms with E-state index in [1.54, 1.807) is 13.0 Å². The Hall–Kier alpha value is -1.62. The molecule has 0 fully saturated rings. The molecular formula is C14H21FN2O2. The van der Waals surface area contributed by atoms with Gasteiger partial charge in [0.1, 0.15) is 11.6 Å². The Morgan fingerprint density at radius 1 is 1.47 bits per heavy atom. The van der Waals surface area contributed by atoms with Crippen molar-refractivity contribution in [2.75, 3.05) is 6.61 Å². The normalized spacial score (nSPS) is 13.9. The number of rotatable bonds is 7. The number of carbonyl (C=O) groups is 1. The smallest absolute Gasteiger partial charge is 0.223 e. The molecule has 0 saturated heterocycles. The highest BCUT2D eigenvalue weighted by atomic mass is 19.1. The van der Waals surface area contributed by atoms with Crippen molar-refractivity contribution in [3.05, 3.63) is 29.6 Å². The Labute approximate surface area is 112 Å². The maximum atomic E-state index is 13.3. The second-order valence-electron chi connectivity index (χ2n) is 4.74. The molecule has 1 aromatic rings. The fraction of sp³-hybridized carbons (Fsp3) is 0.500. The number of halogens is 1. The summed E-state index contributed by atoms with van der Waals surface area (Å²) >= 11 is 0. The molecule has 0 bridgehead atoms. The van der Waals surface area contributed by atoms with Gasteiger partial charge in [-0.2, -0.15) is 0 Å². The van der Waals surface area contributed by atoms with Crippen molar-refractivity contribution < 1.29 is 13.9 Å². The third-order valence-electron chi connectivity index (χ3n) is 3.00. The monoisotopic (exact) mass is 268 g/mol. The summed E-state index contributed by atoms with van der Waals surface area (Å²) in [7, 11) is 0. The molecule has 4 nitrogen and oxygen atoms in total. The highest BCUT2D eigenvalue weighted by Crippen LogP contribution is 2.22. The summed E-state index contributed by atoms with van der Waals surface area (Å²) in [5.41, 5.74) is 11.8. The number of hydrogen-bond acceptors (Lipinski definition) is 3. The minimum Gasteiger partial charge on any atom is -0.492 e. The fourth-order valence-electron chi connectivity index (χ4n) is 1.57. The van der Waals surface area contributed by atoms with Crippen LogP contribution in [0.4, 0.5) is 4.39 Å². The van der Waals surface area contributed by atoms with Crippen LogP contribution in [0.15, 0.2) is 18.2 Å². The second kappa shape index (κ2) is 7.09. The van der Waals surface area contributed by atoms with Crippen LogP contribution in [0.5, 0.6) is 5.75 Å². The van der Waals surface area contributed by atoms with E-state index in [1.165, 1.54) is 12.1 Å². The largest absolute Gasteiger partial charge is 0.492 e. The van der Waals surface area contributed by atoms with Crippen LogP contribution in [-0.2, 0) is 11.2 Å². The van der Waals surface area contributed by atoms with E-state index in [1.807, 2.05) is 6.92 Å². The van der Waals surface area contributed by atoms with Crippen LogP contribution in [0.1, 0.15) is 25.8 Å². The van der Waals surface area contributed by atoms with Crippen molar-refractivity contribution in [2.45, 2.75) is 32.7 Å². The number of primary amides is 1. The van der Waals surface area contributed by atoms with E-state index in [0.29, 0.717) is 17.7 Å². The summed E-state index contributed by atoms with van der Waals surface area (Å²) in [6.45, 7) is 3.83. The Bertz CT molecular complexity index is 437. The Balaban J connectivity index is 2.78. The summed E-state index contributed by atoms with van der Waals surface area (Å²) < 4.78 is 18.8. The highest BCUT2D eigenvalue weighted by molar-refractivity contribution is 5.76. The average molecular weight is 268 g/mol. The third-order valence-corrected chi connectivity index (χ3v) is 3.00. The molecule has 0 radical (unpaired) electrons. The lowest BCUT2D eigenvalue weighted by molar-refractivity contribution is -0.122. The van der Waals surface area contributed by atoms with Gasteiger partial charge in [0.05, 0.1) is 12.5 Å².